The van der Waals surface area contributed by atoms with Crippen molar-refractivity contribution in [3.8, 4) is 28.3 Å². The molecule has 0 amide bonds. The van der Waals surface area contributed by atoms with E-state index in [1.807, 2.05) is 54.7 Å². The van der Waals surface area contributed by atoms with E-state index in [1.165, 1.54) is 5.56 Å². The molecule has 0 fully saturated rings. The zero-order valence-electron chi connectivity index (χ0n) is 19.0. The third-order valence-corrected chi connectivity index (χ3v) is 6.14. The number of imidazole rings is 1. The Kier molecular flexibility index (Phi) is 5.35. The zero-order chi connectivity index (χ0) is 23.6. The van der Waals surface area contributed by atoms with Crippen LogP contribution in [0, 0.1) is 0 Å². The van der Waals surface area contributed by atoms with Crippen LogP contribution in [-0.2, 0) is 12.8 Å². The van der Waals surface area contributed by atoms with Crippen molar-refractivity contribution in [1.29, 1.82) is 0 Å². The van der Waals surface area contributed by atoms with Gasteiger partial charge in [0.25, 0.3) is 0 Å². The Morgan fingerprint density at radius 1 is 0.657 bits per heavy atom. The molecule has 0 saturated heterocycles. The van der Waals surface area contributed by atoms with E-state index >= 15 is 0 Å². The monoisotopic (exact) mass is 457 g/mol. The molecule has 5 heteroatoms. The van der Waals surface area contributed by atoms with E-state index in [0.717, 1.165) is 33.8 Å². The van der Waals surface area contributed by atoms with Gasteiger partial charge in [-0.1, -0.05) is 84.9 Å². The summed E-state index contributed by atoms with van der Waals surface area (Å²) in [5, 5.41) is 11.1. The van der Waals surface area contributed by atoms with Gasteiger partial charge in [0.2, 0.25) is 5.88 Å². The van der Waals surface area contributed by atoms with Gasteiger partial charge in [-0.15, -0.1) is 0 Å². The van der Waals surface area contributed by atoms with Crippen molar-refractivity contribution in [2.24, 2.45) is 0 Å². The van der Waals surface area contributed by atoms with Crippen LogP contribution < -0.4 is 0 Å². The van der Waals surface area contributed by atoms with E-state index in [0.29, 0.717) is 24.2 Å². The fourth-order valence-corrected chi connectivity index (χ4v) is 4.35. The maximum Gasteiger partial charge on any atom is 0.219 e. The predicted molar refractivity (Wildman–Crippen MR) is 136 cm³/mol. The maximum atomic E-state index is 11.1. The van der Waals surface area contributed by atoms with E-state index < -0.39 is 0 Å². The molecule has 35 heavy (non-hydrogen) atoms. The summed E-state index contributed by atoms with van der Waals surface area (Å²) >= 11 is 0. The Morgan fingerprint density at radius 2 is 1.34 bits per heavy atom. The van der Waals surface area contributed by atoms with Crippen molar-refractivity contribution in [2.45, 2.75) is 12.8 Å². The van der Waals surface area contributed by atoms with E-state index in [9.17, 15) is 5.11 Å². The summed E-state index contributed by atoms with van der Waals surface area (Å²) in [6, 6.07) is 32.5. The SMILES string of the molecule is Oc1c(Cc2ccco2)nc2c(Cc3ccccc3)nc(-c3ccc(-c4ccccc4)cc3)cn12. The molecule has 0 bridgehead atoms. The van der Waals surface area contributed by atoms with Crippen molar-refractivity contribution in [3.63, 3.8) is 0 Å². The number of benzene rings is 3. The second-order valence-corrected chi connectivity index (χ2v) is 8.51. The van der Waals surface area contributed by atoms with Crippen LogP contribution in [0.15, 0.2) is 114 Å². The van der Waals surface area contributed by atoms with Crippen LogP contribution in [0.3, 0.4) is 0 Å². The van der Waals surface area contributed by atoms with Gasteiger partial charge >= 0.3 is 0 Å². The fraction of sp³-hybridized carbons (Fsp3) is 0.0667. The Balaban J connectivity index is 1.45. The van der Waals surface area contributed by atoms with Crippen LogP contribution in [0.25, 0.3) is 28.0 Å². The molecular weight excluding hydrogens is 434 g/mol. The van der Waals surface area contributed by atoms with Gasteiger partial charge in [0.05, 0.1) is 24.1 Å². The highest BCUT2D eigenvalue weighted by Crippen LogP contribution is 2.29. The molecule has 0 saturated carbocycles. The standard InChI is InChI=1S/C30H23N3O2/c34-30-27(19-25-12-7-17-35-25)32-29-26(18-21-8-3-1-4-9-21)31-28(20-33(29)30)24-15-13-23(14-16-24)22-10-5-2-6-11-22/h1-17,20,34H,18-19H2. The number of aromatic nitrogens is 3. The van der Waals surface area contributed by atoms with E-state index in [-0.39, 0.29) is 5.88 Å². The Morgan fingerprint density at radius 3 is 2.06 bits per heavy atom. The average molecular weight is 458 g/mol. The van der Waals surface area contributed by atoms with Crippen LogP contribution in [0.2, 0.25) is 0 Å². The van der Waals surface area contributed by atoms with Gasteiger partial charge in [-0.05, 0) is 28.8 Å². The van der Waals surface area contributed by atoms with E-state index in [2.05, 4.69) is 48.5 Å². The first-order chi connectivity index (χ1) is 17.2. The van der Waals surface area contributed by atoms with Crippen molar-refractivity contribution in [2.75, 3.05) is 0 Å². The smallest absolute Gasteiger partial charge is 0.219 e. The zero-order valence-corrected chi connectivity index (χ0v) is 19.0. The summed E-state index contributed by atoms with van der Waals surface area (Å²) in [7, 11) is 0. The minimum atomic E-state index is 0.107. The number of nitrogens with zero attached hydrogens (tertiary/aromatic N) is 3. The van der Waals surface area contributed by atoms with Gasteiger partial charge in [-0.3, -0.25) is 4.40 Å². The summed E-state index contributed by atoms with van der Waals surface area (Å²) in [4.78, 5) is 9.76. The minimum Gasteiger partial charge on any atom is -0.493 e. The van der Waals surface area contributed by atoms with Gasteiger partial charge < -0.3 is 9.52 Å². The molecule has 6 aromatic rings. The number of aromatic hydroxyl groups is 1. The molecule has 0 spiro atoms. The van der Waals surface area contributed by atoms with Crippen LogP contribution in [0.5, 0.6) is 5.88 Å². The summed E-state index contributed by atoms with van der Waals surface area (Å²) in [5.74, 6) is 0.855. The normalized spacial score (nSPS) is 11.2. The molecule has 0 aliphatic carbocycles. The lowest BCUT2D eigenvalue weighted by molar-refractivity contribution is 0.438. The third-order valence-electron chi connectivity index (χ3n) is 6.14. The van der Waals surface area contributed by atoms with Gasteiger partial charge in [0, 0.05) is 18.2 Å². The molecule has 170 valence electrons. The first-order valence-electron chi connectivity index (χ1n) is 11.6. The number of furan rings is 1. The lowest BCUT2D eigenvalue weighted by Gasteiger charge is -2.09. The highest BCUT2D eigenvalue weighted by molar-refractivity contribution is 5.69. The second-order valence-electron chi connectivity index (χ2n) is 8.51. The van der Waals surface area contributed by atoms with Crippen LogP contribution in [0.4, 0.5) is 0 Å². The van der Waals surface area contributed by atoms with Crippen molar-refractivity contribution in [1.82, 2.24) is 14.4 Å². The summed E-state index contributed by atoms with van der Waals surface area (Å²) in [6.07, 6.45) is 4.50. The molecule has 0 aliphatic heterocycles. The molecule has 0 unspecified atom stereocenters. The largest absolute Gasteiger partial charge is 0.493 e. The van der Waals surface area contributed by atoms with Crippen LogP contribution in [0.1, 0.15) is 22.7 Å². The first kappa shape index (κ1) is 20.9. The Hall–Kier alpha value is -4.64. The molecule has 3 aromatic heterocycles. The Bertz CT molecular complexity index is 1570. The quantitative estimate of drug-likeness (QED) is 0.308. The van der Waals surface area contributed by atoms with Crippen LogP contribution in [-0.4, -0.2) is 19.5 Å². The molecule has 1 N–H and O–H groups in total. The molecule has 0 radical (unpaired) electrons. The topological polar surface area (TPSA) is 63.6 Å². The molecule has 6 rings (SSSR count). The van der Waals surface area contributed by atoms with Crippen molar-refractivity contribution >= 4 is 5.65 Å². The minimum absolute atomic E-state index is 0.107. The van der Waals surface area contributed by atoms with Crippen molar-refractivity contribution in [3.05, 3.63) is 132 Å². The molecule has 3 aromatic carbocycles. The first-order valence-corrected chi connectivity index (χ1v) is 11.6. The number of rotatable bonds is 6. The molecule has 0 aliphatic rings. The highest BCUT2D eigenvalue weighted by Gasteiger charge is 2.18. The summed E-state index contributed by atoms with van der Waals surface area (Å²) in [5.41, 5.74) is 7.22. The lowest BCUT2D eigenvalue weighted by atomic mass is 10.0. The van der Waals surface area contributed by atoms with Crippen molar-refractivity contribution < 1.29 is 9.52 Å². The third kappa shape index (κ3) is 4.20. The lowest BCUT2D eigenvalue weighted by Crippen LogP contribution is -2.01. The molecule has 5 nitrogen and oxygen atoms in total. The van der Waals surface area contributed by atoms with E-state index in [4.69, 9.17) is 14.4 Å². The number of hydrogen-bond acceptors (Lipinski definition) is 4. The Labute approximate surface area is 203 Å². The van der Waals surface area contributed by atoms with Gasteiger partial charge in [0.15, 0.2) is 5.65 Å². The highest BCUT2D eigenvalue weighted by atomic mass is 16.3. The number of fused-ring (bicyclic) bond motifs is 1. The van der Waals surface area contributed by atoms with E-state index in [1.54, 1.807) is 10.7 Å². The van der Waals surface area contributed by atoms with Gasteiger partial charge in [0.1, 0.15) is 11.5 Å². The van der Waals surface area contributed by atoms with Gasteiger partial charge in [-0.2, -0.15) is 0 Å². The fourth-order valence-electron chi connectivity index (χ4n) is 4.35. The average Bonchev–Trinajstić information content (AvgIpc) is 3.54. The number of hydrogen-bond donors (Lipinski definition) is 1. The maximum absolute atomic E-state index is 11.1. The second kappa shape index (κ2) is 8.95. The molecule has 3 heterocycles. The summed E-state index contributed by atoms with van der Waals surface area (Å²) < 4.78 is 7.22. The summed E-state index contributed by atoms with van der Waals surface area (Å²) in [6.45, 7) is 0. The predicted octanol–water partition coefficient (Wildman–Crippen LogP) is 6.54. The van der Waals surface area contributed by atoms with Gasteiger partial charge in [-0.25, -0.2) is 9.97 Å². The molecular formula is C30H23N3O2. The van der Waals surface area contributed by atoms with Crippen LogP contribution >= 0.6 is 0 Å². The molecule has 0 atom stereocenters.